The molecule has 102 valence electrons. The largest absolute Gasteiger partial charge is 0.494 e. The van der Waals surface area contributed by atoms with Crippen LogP contribution in [0.3, 0.4) is 0 Å². The summed E-state index contributed by atoms with van der Waals surface area (Å²) in [5.74, 6) is 0.467. The van der Waals surface area contributed by atoms with Gasteiger partial charge in [0.05, 0.1) is 13.2 Å². The maximum absolute atomic E-state index is 13.0. The van der Waals surface area contributed by atoms with Crippen molar-refractivity contribution in [2.75, 3.05) is 20.3 Å². The van der Waals surface area contributed by atoms with Gasteiger partial charge < -0.3 is 15.2 Å². The molecule has 1 aromatic carbocycles. The number of halogens is 1. The van der Waals surface area contributed by atoms with E-state index in [0.29, 0.717) is 17.9 Å². The van der Waals surface area contributed by atoms with Crippen LogP contribution in [0.4, 0.5) is 4.39 Å². The number of aliphatic hydroxyl groups excluding tert-OH is 1. The van der Waals surface area contributed by atoms with E-state index in [0.717, 1.165) is 12.8 Å². The van der Waals surface area contributed by atoms with Crippen LogP contribution in [0.25, 0.3) is 0 Å². The highest BCUT2D eigenvalue weighted by atomic mass is 19.1. The summed E-state index contributed by atoms with van der Waals surface area (Å²) in [6.45, 7) is 4.34. The molecule has 0 aliphatic heterocycles. The maximum Gasteiger partial charge on any atom is 0.126 e. The number of ether oxygens (including phenoxy) is 1. The fraction of sp³-hybridized carbons (Fsp3) is 0.571. The van der Waals surface area contributed by atoms with Crippen molar-refractivity contribution >= 4 is 0 Å². The normalized spacial score (nSPS) is 14.3. The molecule has 3 nitrogen and oxygen atoms in total. The summed E-state index contributed by atoms with van der Waals surface area (Å²) in [5.41, 5.74) is 0.324. The van der Waals surface area contributed by atoms with Gasteiger partial charge in [0.2, 0.25) is 0 Å². The first-order valence-electron chi connectivity index (χ1n) is 6.19. The zero-order chi connectivity index (χ0) is 13.6. The molecule has 1 rings (SSSR count). The van der Waals surface area contributed by atoms with Crippen LogP contribution in [0.15, 0.2) is 18.2 Å². The Morgan fingerprint density at radius 1 is 1.44 bits per heavy atom. The van der Waals surface area contributed by atoms with Gasteiger partial charge in [-0.15, -0.1) is 0 Å². The number of benzene rings is 1. The molecule has 4 heteroatoms. The van der Waals surface area contributed by atoms with Gasteiger partial charge in [-0.2, -0.15) is 0 Å². The van der Waals surface area contributed by atoms with Crippen LogP contribution in [0.5, 0.6) is 5.75 Å². The van der Waals surface area contributed by atoms with E-state index in [9.17, 15) is 9.50 Å². The van der Waals surface area contributed by atoms with Crippen molar-refractivity contribution in [1.29, 1.82) is 0 Å². The minimum absolute atomic E-state index is 0.0964. The lowest BCUT2D eigenvalue weighted by molar-refractivity contribution is 0.163. The van der Waals surface area contributed by atoms with Gasteiger partial charge in [0.15, 0.2) is 0 Å². The molecule has 0 saturated carbocycles. The topological polar surface area (TPSA) is 41.5 Å². The number of rotatable bonds is 7. The zero-order valence-electron chi connectivity index (χ0n) is 11.3. The van der Waals surface area contributed by atoms with Crippen LogP contribution in [0, 0.1) is 12.7 Å². The Morgan fingerprint density at radius 2 is 2.17 bits per heavy atom. The third-order valence-electron chi connectivity index (χ3n) is 3.22. The fourth-order valence-electron chi connectivity index (χ4n) is 1.64. The van der Waals surface area contributed by atoms with Gasteiger partial charge in [0.1, 0.15) is 11.6 Å². The number of hydrogen-bond donors (Lipinski definition) is 2. The van der Waals surface area contributed by atoms with Gasteiger partial charge in [0.25, 0.3) is 0 Å². The summed E-state index contributed by atoms with van der Waals surface area (Å²) >= 11 is 0. The van der Waals surface area contributed by atoms with Crippen molar-refractivity contribution in [2.45, 2.75) is 32.2 Å². The molecule has 1 aromatic rings. The Hall–Kier alpha value is -1.13. The van der Waals surface area contributed by atoms with Crippen LogP contribution >= 0.6 is 0 Å². The standard InChI is InChI=1S/C14H22FNO2/c1-11-9-12(5-6-13(11)15)18-8-4-7-14(2,10-17)16-3/h5-6,9,16-17H,4,7-8,10H2,1-3H3. The van der Waals surface area contributed by atoms with E-state index < -0.39 is 0 Å². The molecule has 0 heterocycles. The second kappa shape index (κ2) is 6.71. The second-order valence-electron chi connectivity index (χ2n) is 4.83. The van der Waals surface area contributed by atoms with E-state index in [-0.39, 0.29) is 18.0 Å². The van der Waals surface area contributed by atoms with E-state index in [2.05, 4.69) is 5.32 Å². The van der Waals surface area contributed by atoms with Crippen LogP contribution in [0.1, 0.15) is 25.3 Å². The number of aryl methyl sites for hydroxylation is 1. The predicted octanol–water partition coefficient (Wildman–Crippen LogP) is 2.26. The van der Waals surface area contributed by atoms with Gasteiger partial charge in [0, 0.05) is 5.54 Å². The van der Waals surface area contributed by atoms with E-state index in [4.69, 9.17) is 4.74 Å². The predicted molar refractivity (Wildman–Crippen MR) is 70.4 cm³/mol. The summed E-state index contributed by atoms with van der Waals surface area (Å²) in [6.07, 6.45) is 1.65. The lowest BCUT2D eigenvalue weighted by Gasteiger charge is -2.26. The molecule has 18 heavy (non-hydrogen) atoms. The van der Waals surface area contributed by atoms with Gasteiger partial charge in [-0.25, -0.2) is 4.39 Å². The van der Waals surface area contributed by atoms with E-state index in [1.54, 1.807) is 19.1 Å². The number of aliphatic hydroxyl groups is 1. The molecule has 0 saturated heterocycles. The van der Waals surface area contributed by atoms with Crippen molar-refractivity contribution in [2.24, 2.45) is 0 Å². The molecule has 0 spiro atoms. The highest BCUT2D eigenvalue weighted by Gasteiger charge is 2.19. The quantitative estimate of drug-likeness (QED) is 0.734. The number of hydrogen-bond acceptors (Lipinski definition) is 3. The molecule has 0 fully saturated rings. The molecule has 1 atom stereocenters. The average Bonchev–Trinajstić information content (AvgIpc) is 2.38. The van der Waals surface area contributed by atoms with Crippen molar-refractivity contribution in [3.05, 3.63) is 29.6 Å². The lowest BCUT2D eigenvalue weighted by atomic mass is 9.97. The molecular formula is C14H22FNO2. The summed E-state index contributed by atoms with van der Waals surface area (Å²) < 4.78 is 18.6. The van der Waals surface area contributed by atoms with Crippen molar-refractivity contribution in [3.8, 4) is 5.75 Å². The van der Waals surface area contributed by atoms with Crippen molar-refractivity contribution in [1.82, 2.24) is 5.32 Å². The molecule has 0 aliphatic rings. The summed E-state index contributed by atoms with van der Waals surface area (Å²) in [5, 5.41) is 12.3. The SMILES string of the molecule is CNC(C)(CO)CCCOc1ccc(F)c(C)c1. The first-order valence-corrected chi connectivity index (χ1v) is 6.19. The Kier molecular flexibility index (Phi) is 5.56. The van der Waals surface area contributed by atoms with Crippen molar-refractivity contribution < 1.29 is 14.2 Å². The number of nitrogens with one attached hydrogen (secondary N) is 1. The van der Waals surface area contributed by atoms with Crippen LogP contribution in [-0.2, 0) is 0 Å². The van der Waals surface area contributed by atoms with Crippen molar-refractivity contribution in [3.63, 3.8) is 0 Å². The minimum atomic E-state index is -0.262. The second-order valence-corrected chi connectivity index (χ2v) is 4.83. The van der Waals surface area contributed by atoms with Crippen LogP contribution in [-0.4, -0.2) is 30.9 Å². The monoisotopic (exact) mass is 255 g/mol. The van der Waals surface area contributed by atoms with Gasteiger partial charge in [-0.3, -0.25) is 0 Å². The molecule has 1 unspecified atom stereocenters. The Balaban J connectivity index is 2.36. The maximum atomic E-state index is 13.0. The first kappa shape index (κ1) is 14.9. The molecule has 0 aromatic heterocycles. The minimum Gasteiger partial charge on any atom is -0.494 e. The Morgan fingerprint density at radius 3 is 2.72 bits per heavy atom. The van der Waals surface area contributed by atoms with E-state index in [1.165, 1.54) is 6.07 Å². The Labute approximate surface area is 108 Å². The average molecular weight is 255 g/mol. The first-order chi connectivity index (χ1) is 8.50. The summed E-state index contributed by atoms with van der Waals surface area (Å²) in [6, 6.07) is 4.74. The molecule has 0 bridgehead atoms. The molecule has 0 aliphatic carbocycles. The third kappa shape index (κ3) is 4.27. The summed E-state index contributed by atoms with van der Waals surface area (Å²) in [4.78, 5) is 0. The molecule has 0 radical (unpaired) electrons. The Bertz CT molecular complexity index is 378. The van der Waals surface area contributed by atoms with E-state index >= 15 is 0 Å². The number of likely N-dealkylation sites (N-methyl/N-ethyl adjacent to an activating group) is 1. The summed E-state index contributed by atoms with van der Waals surface area (Å²) in [7, 11) is 1.83. The van der Waals surface area contributed by atoms with Crippen LogP contribution < -0.4 is 10.1 Å². The molecule has 0 amide bonds. The third-order valence-corrected chi connectivity index (χ3v) is 3.22. The van der Waals surface area contributed by atoms with E-state index in [1.807, 2.05) is 14.0 Å². The highest BCUT2D eigenvalue weighted by Crippen LogP contribution is 2.17. The smallest absolute Gasteiger partial charge is 0.126 e. The van der Waals surface area contributed by atoms with Gasteiger partial charge in [-0.1, -0.05) is 0 Å². The zero-order valence-corrected chi connectivity index (χ0v) is 11.3. The molecular weight excluding hydrogens is 233 g/mol. The fourth-order valence-corrected chi connectivity index (χ4v) is 1.64. The lowest BCUT2D eigenvalue weighted by Crippen LogP contribution is -2.43. The van der Waals surface area contributed by atoms with Crippen LogP contribution in [0.2, 0.25) is 0 Å². The molecule has 2 N–H and O–H groups in total. The van der Waals surface area contributed by atoms with Gasteiger partial charge >= 0.3 is 0 Å². The van der Waals surface area contributed by atoms with Gasteiger partial charge in [-0.05, 0) is 57.5 Å². The highest BCUT2D eigenvalue weighted by molar-refractivity contribution is 5.28.